The Balaban J connectivity index is 1.22. The lowest BCUT2D eigenvalue weighted by Crippen LogP contribution is -2.26. The van der Waals surface area contributed by atoms with Crippen LogP contribution in [0.2, 0.25) is 0 Å². The van der Waals surface area contributed by atoms with Gasteiger partial charge in [0.25, 0.3) is 0 Å². The molecule has 1 atom stereocenters. The Morgan fingerprint density at radius 3 is 1.55 bits per heavy atom. The molecule has 0 saturated carbocycles. The van der Waals surface area contributed by atoms with Crippen LogP contribution in [0.5, 0.6) is 0 Å². The smallest absolute Gasteiger partial charge is 0.0732 e. The molecule has 0 amide bonds. The van der Waals surface area contributed by atoms with Crippen LogP contribution in [0.1, 0.15) is 47.2 Å². The first-order valence-corrected chi connectivity index (χ1v) is 18.8. The Morgan fingerprint density at radius 2 is 0.849 bits per heavy atom. The lowest BCUT2D eigenvalue weighted by molar-refractivity contribution is 0.660. The molecule has 4 aliphatic rings. The summed E-state index contributed by atoms with van der Waals surface area (Å²) in [4.78, 5) is 2.53. The lowest BCUT2D eigenvalue weighted by atomic mass is 9.68. The highest BCUT2D eigenvalue weighted by atomic mass is 15.1. The van der Waals surface area contributed by atoms with Gasteiger partial charge in [-0.25, -0.2) is 0 Å². The summed E-state index contributed by atoms with van der Waals surface area (Å²) in [5.74, 6) is 0. The molecule has 0 saturated heterocycles. The number of anilines is 3. The number of nitrogens with zero attached hydrogens (tertiary/aromatic N) is 1. The molecule has 248 valence electrons. The van der Waals surface area contributed by atoms with Crippen molar-refractivity contribution in [1.29, 1.82) is 0 Å². The molecule has 3 aliphatic carbocycles. The van der Waals surface area contributed by atoms with Crippen molar-refractivity contribution in [3.8, 4) is 55.6 Å². The second-order valence-electron chi connectivity index (χ2n) is 15.6. The lowest BCUT2D eigenvalue weighted by Gasteiger charge is -2.32. The van der Waals surface area contributed by atoms with Gasteiger partial charge in [-0.2, -0.15) is 0 Å². The SMILES string of the molecule is CC1(C)c2ccccc2-c2ccc(N3c4ccc5c(c4)C4(c6ccccc6-5)c5ccccc5-c5cccc(c54)-c4cc(-c5ccccc5)ccc43)cc21. The van der Waals surface area contributed by atoms with E-state index >= 15 is 0 Å². The van der Waals surface area contributed by atoms with Gasteiger partial charge in [0, 0.05) is 22.4 Å². The van der Waals surface area contributed by atoms with Crippen molar-refractivity contribution < 1.29 is 0 Å². The maximum atomic E-state index is 2.53. The molecule has 1 heteroatoms. The van der Waals surface area contributed by atoms with Crippen LogP contribution >= 0.6 is 0 Å². The molecule has 1 unspecified atom stereocenters. The molecule has 1 heterocycles. The minimum absolute atomic E-state index is 0.109. The Morgan fingerprint density at radius 1 is 0.340 bits per heavy atom. The van der Waals surface area contributed by atoms with E-state index in [0.29, 0.717) is 0 Å². The molecule has 1 aliphatic heterocycles. The third-order valence-electron chi connectivity index (χ3n) is 12.8. The van der Waals surface area contributed by atoms with Crippen molar-refractivity contribution in [3.05, 3.63) is 209 Å². The van der Waals surface area contributed by atoms with E-state index in [9.17, 15) is 0 Å². The van der Waals surface area contributed by atoms with Crippen LogP contribution in [-0.4, -0.2) is 0 Å². The standard InChI is InChI=1S/C52H35N/c1-51(2)44-20-9-6-15-36(44)39-26-24-34(30-47(39)51)53-35-25-27-40-37-16-7-10-21-45(37)52(48(40)31-35)46-22-11-8-17-38(46)41-18-12-19-42(50(41)52)43-29-33(23-28-49(43)53)32-13-4-3-5-14-32/h3-31H,1-2H3. The van der Waals surface area contributed by atoms with Gasteiger partial charge in [-0.1, -0.05) is 153 Å². The van der Waals surface area contributed by atoms with Gasteiger partial charge in [0.15, 0.2) is 0 Å². The fourth-order valence-electron chi connectivity index (χ4n) is 10.6. The molecule has 0 aromatic heterocycles. The Kier molecular flexibility index (Phi) is 5.57. The summed E-state index contributed by atoms with van der Waals surface area (Å²) in [6.07, 6.45) is 0. The van der Waals surface area contributed by atoms with Gasteiger partial charge < -0.3 is 4.90 Å². The molecular formula is C52H35N. The summed E-state index contributed by atoms with van der Waals surface area (Å²) in [5, 5.41) is 0. The van der Waals surface area contributed by atoms with Crippen molar-refractivity contribution >= 4 is 17.1 Å². The minimum atomic E-state index is -0.442. The molecule has 8 aromatic carbocycles. The topological polar surface area (TPSA) is 3.24 Å². The first-order valence-electron chi connectivity index (χ1n) is 18.8. The predicted octanol–water partition coefficient (Wildman–Crippen LogP) is 13.5. The largest absolute Gasteiger partial charge is 0.310 e. The first-order chi connectivity index (χ1) is 26.0. The van der Waals surface area contributed by atoms with Crippen LogP contribution < -0.4 is 4.90 Å². The fourth-order valence-corrected chi connectivity index (χ4v) is 10.6. The minimum Gasteiger partial charge on any atom is -0.310 e. The summed E-state index contributed by atoms with van der Waals surface area (Å²) in [6, 6.07) is 66.7. The quantitative estimate of drug-likeness (QED) is 0.177. The Bertz CT molecular complexity index is 2860. The summed E-state index contributed by atoms with van der Waals surface area (Å²) in [7, 11) is 0. The van der Waals surface area contributed by atoms with Gasteiger partial charge in [0.1, 0.15) is 0 Å². The molecule has 1 spiro atoms. The van der Waals surface area contributed by atoms with Gasteiger partial charge in [0.2, 0.25) is 0 Å². The summed E-state index contributed by atoms with van der Waals surface area (Å²) in [5.41, 5.74) is 24.2. The Hall–Kier alpha value is -6.44. The van der Waals surface area contributed by atoms with Gasteiger partial charge in [-0.05, 0) is 120 Å². The monoisotopic (exact) mass is 673 g/mol. The zero-order valence-corrected chi connectivity index (χ0v) is 29.7. The molecular weight excluding hydrogens is 639 g/mol. The van der Waals surface area contributed by atoms with Crippen LogP contribution in [0.4, 0.5) is 17.1 Å². The molecule has 0 N–H and O–H groups in total. The van der Waals surface area contributed by atoms with Gasteiger partial charge >= 0.3 is 0 Å². The highest BCUT2D eigenvalue weighted by Gasteiger charge is 2.53. The van der Waals surface area contributed by atoms with Crippen molar-refractivity contribution in [2.75, 3.05) is 4.90 Å². The van der Waals surface area contributed by atoms with E-state index < -0.39 is 5.41 Å². The van der Waals surface area contributed by atoms with Crippen molar-refractivity contribution in [1.82, 2.24) is 0 Å². The van der Waals surface area contributed by atoms with E-state index in [0.717, 1.165) is 0 Å². The third-order valence-corrected chi connectivity index (χ3v) is 12.8. The van der Waals surface area contributed by atoms with E-state index in [1.54, 1.807) is 0 Å². The zero-order valence-electron chi connectivity index (χ0n) is 29.7. The van der Waals surface area contributed by atoms with Crippen molar-refractivity contribution in [2.45, 2.75) is 24.7 Å². The van der Waals surface area contributed by atoms with Crippen LogP contribution in [0.25, 0.3) is 55.6 Å². The van der Waals surface area contributed by atoms with E-state index in [1.165, 1.54) is 106 Å². The summed E-state index contributed by atoms with van der Waals surface area (Å²) >= 11 is 0. The van der Waals surface area contributed by atoms with Gasteiger partial charge in [0.05, 0.1) is 11.1 Å². The van der Waals surface area contributed by atoms with E-state index in [1.807, 2.05) is 0 Å². The van der Waals surface area contributed by atoms with Crippen molar-refractivity contribution in [3.63, 3.8) is 0 Å². The molecule has 1 nitrogen and oxygen atoms in total. The average Bonchev–Trinajstić information content (AvgIpc) is 3.77. The summed E-state index contributed by atoms with van der Waals surface area (Å²) in [6.45, 7) is 4.75. The highest BCUT2D eigenvalue weighted by Crippen LogP contribution is 2.66. The summed E-state index contributed by atoms with van der Waals surface area (Å²) < 4.78 is 0. The molecule has 0 fully saturated rings. The van der Waals surface area contributed by atoms with Crippen molar-refractivity contribution in [2.24, 2.45) is 0 Å². The number of rotatable bonds is 2. The van der Waals surface area contributed by atoms with Crippen LogP contribution in [0, 0.1) is 0 Å². The van der Waals surface area contributed by atoms with Crippen LogP contribution in [-0.2, 0) is 10.8 Å². The number of hydrogen-bond donors (Lipinski definition) is 0. The molecule has 53 heavy (non-hydrogen) atoms. The normalized spacial score (nSPS) is 17.1. The van der Waals surface area contributed by atoms with Gasteiger partial charge in [-0.3, -0.25) is 0 Å². The average molecular weight is 674 g/mol. The highest BCUT2D eigenvalue weighted by molar-refractivity contribution is 6.03. The van der Waals surface area contributed by atoms with E-state index in [2.05, 4.69) is 195 Å². The first kappa shape index (κ1) is 29.2. The van der Waals surface area contributed by atoms with Crippen LogP contribution in [0.3, 0.4) is 0 Å². The molecule has 12 rings (SSSR count). The van der Waals surface area contributed by atoms with E-state index in [-0.39, 0.29) is 5.41 Å². The number of benzene rings is 8. The number of fused-ring (bicyclic) bond motifs is 10. The maximum absolute atomic E-state index is 2.53. The number of hydrogen-bond acceptors (Lipinski definition) is 1. The third kappa shape index (κ3) is 3.57. The molecule has 0 radical (unpaired) electrons. The molecule has 2 bridgehead atoms. The molecule has 8 aromatic rings. The van der Waals surface area contributed by atoms with E-state index in [4.69, 9.17) is 0 Å². The van der Waals surface area contributed by atoms with Gasteiger partial charge in [-0.15, -0.1) is 0 Å². The zero-order chi connectivity index (χ0) is 35.1. The second-order valence-corrected chi connectivity index (χ2v) is 15.6. The fraction of sp³-hybridized carbons (Fsp3) is 0.0769. The predicted molar refractivity (Wildman–Crippen MR) is 219 cm³/mol. The van der Waals surface area contributed by atoms with Crippen LogP contribution in [0.15, 0.2) is 176 Å². The second kappa shape index (κ2) is 10.1. The maximum Gasteiger partial charge on any atom is 0.0732 e. The Labute approximate surface area is 310 Å².